The van der Waals surface area contributed by atoms with Crippen molar-refractivity contribution in [3.05, 3.63) is 0 Å². The largest absolute Gasteiger partial charge is 0.325 e. The van der Waals surface area contributed by atoms with Gasteiger partial charge >= 0.3 is 6.03 Å². The number of nitrogens with one attached hydrogen (secondary N) is 1. The van der Waals surface area contributed by atoms with Gasteiger partial charge in [0.1, 0.15) is 0 Å². The summed E-state index contributed by atoms with van der Waals surface area (Å²) in [5, 5.41) is 3.28. The Bertz CT molecular complexity index is 192. The van der Waals surface area contributed by atoms with Crippen molar-refractivity contribution in [2.45, 2.75) is 26.8 Å². The average molecular weight is 199 g/mol. The normalized spacial score (nSPS) is 22.2. The first kappa shape index (κ1) is 11.3. The summed E-state index contributed by atoms with van der Waals surface area (Å²) in [7, 11) is 0. The van der Waals surface area contributed by atoms with E-state index < -0.39 is 0 Å². The molecule has 0 unspecified atom stereocenters. The van der Waals surface area contributed by atoms with E-state index in [-0.39, 0.29) is 6.03 Å². The second-order valence-corrected chi connectivity index (χ2v) is 3.70. The number of hydrogen-bond donors (Lipinski definition) is 1. The van der Waals surface area contributed by atoms with Crippen LogP contribution >= 0.6 is 0 Å². The van der Waals surface area contributed by atoms with Gasteiger partial charge in [-0.3, -0.25) is 0 Å². The Morgan fingerprint density at radius 3 is 2.64 bits per heavy atom. The number of nitrogens with zero attached hydrogens (tertiary/aromatic N) is 2. The van der Waals surface area contributed by atoms with E-state index in [2.05, 4.69) is 12.2 Å². The van der Waals surface area contributed by atoms with Crippen LogP contribution in [0, 0.1) is 0 Å². The van der Waals surface area contributed by atoms with Gasteiger partial charge in [0.25, 0.3) is 0 Å². The Labute approximate surface area is 86.2 Å². The van der Waals surface area contributed by atoms with Crippen LogP contribution in [0.4, 0.5) is 4.79 Å². The van der Waals surface area contributed by atoms with Crippen LogP contribution in [0.1, 0.15) is 20.8 Å². The summed E-state index contributed by atoms with van der Waals surface area (Å²) < 4.78 is 0. The molecule has 1 rings (SSSR count). The van der Waals surface area contributed by atoms with Crippen molar-refractivity contribution < 1.29 is 4.79 Å². The molecular weight excluding hydrogens is 178 g/mol. The second kappa shape index (κ2) is 5.20. The smallest absolute Gasteiger partial charge is 0.320 e. The first-order valence-corrected chi connectivity index (χ1v) is 5.47. The Balaban J connectivity index is 2.57. The summed E-state index contributed by atoms with van der Waals surface area (Å²) in [6.45, 7) is 10.4. The SMILES string of the molecule is CCN(CC)C(=O)N1CCNC[C@@H]1C. The van der Waals surface area contributed by atoms with Gasteiger partial charge in [-0.05, 0) is 20.8 Å². The summed E-state index contributed by atoms with van der Waals surface area (Å²) >= 11 is 0. The third kappa shape index (κ3) is 2.38. The highest BCUT2D eigenvalue weighted by atomic mass is 16.2. The van der Waals surface area contributed by atoms with E-state index in [0.717, 1.165) is 32.7 Å². The third-order valence-corrected chi connectivity index (χ3v) is 2.78. The summed E-state index contributed by atoms with van der Waals surface area (Å²) in [6.07, 6.45) is 0. The molecule has 82 valence electrons. The highest BCUT2D eigenvalue weighted by molar-refractivity contribution is 5.74. The van der Waals surface area contributed by atoms with Crippen molar-refractivity contribution in [1.82, 2.24) is 15.1 Å². The standard InChI is InChI=1S/C10H21N3O/c1-4-12(5-2)10(14)13-7-6-11-8-9(13)3/h9,11H,4-8H2,1-3H3/t9-/m0/s1. The molecule has 0 aromatic rings. The number of hydrogen-bond acceptors (Lipinski definition) is 2. The summed E-state index contributed by atoms with van der Waals surface area (Å²) in [5.74, 6) is 0. The third-order valence-electron chi connectivity index (χ3n) is 2.78. The van der Waals surface area contributed by atoms with Crippen molar-refractivity contribution >= 4 is 6.03 Å². The van der Waals surface area contributed by atoms with Gasteiger partial charge in [-0.2, -0.15) is 0 Å². The maximum atomic E-state index is 12.0. The zero-order valence-corrected chi connectivity index (χ0v) is 9.42. The number of rotatable bonds is 2. The van der Waals surface area contributed by atoms with Crippen LogP contribution in [0.15, 0.2) is 0 Å². The van der Waals surface area contributed by atoms with E-state index in [0.29, 0.717) is 6.04 Å². The molecule has 1 fully saturated rings. The number of carbonyl (C=O) groups excluding carboxylic acids is 1. The van der Waals surface area contributed by atoms with E-state index >= 15 is 0 Å². The molecule has 1 aliphatic heterocycles. The van der Waals surface area contributed by atoms with Crippen LogP contribution in [0.5, 0.6) is 0 Å². The van der Waals surface area contributed by atoms with Gasteiger partial charge in [-0.1, -0.05) is 0 Å². The molecule has 1 atom stereocenters. The molecule has 0 aromatic carbocycles. The van der Waals surface area contributed by atoms with E-state index in [4.69, 9.17) is 0 Å². The monoisotopic (exact) mass is 199 g/mol. The van der Waals surface area contributed by atoms with Gasteiger partial charge in [0.05, 0.1) is 0 Å². The molecule has 1 N–H and O–H groups in total. The summed E-state index contributed by atoms with van der Waals surface area (Å²) in [5.41, 5.74) is 0. The first-order chi connectivity index (χ1) is 6.70. The van der Waals surface area contributed by atoms with Crippen LogP contribution in [0.3, 0.4) is 0 Å². The predicted octanol–water partition coefficient (Wildman–Crippen LogP) is 0.742. The zero-order chi connectivity index (χ0) is 10.6. The molecule has 0 aromatic heterocycles. The lowest BCUT2D eigenvalue weighted by molar-refractivity contribution is 0.129. The van der Waals surface area contributed by atoms with Crippen molar-refractivity contribution in [2.24, 2.45) is 0 Å². The fourth-order valence-corrected chi connectivity index (χ4v) is 1.80. The van der Waals surface area contributed by atoms with Crippen LogP contribution in [0.25, 0.3) is 0 Å². The van der Waals surface area contributed by atoms with Crippen LogP contribution in [0.2, 0.25) is 0 Å². The summed E-state index contributed by atoms with van der Waals surface area (Å²) in [4.78, 5) is 15.8. The van der Waals surface area contributed by atoms with Crippen LogP contribution in [-0.2, 0) is 0 Å². The molecule has 0 saturated carbocycles. The van der Waals surface area contributed by atoms with Crippen molar-refractivity contribution in [1.29, 1.82) is 0 Å². The van der Waals surface area contributed by atoms with E-state index in [9.17, 15) is 4.79 Å². The van der Waals surface area contributed by atoms with Gasteiger partial charge in [0.2, 0.25) is 0 Å². The van der Waals surface area contributed by atoms with Crippen molar-refractivity contribution in [2.75, 3.05) is 32.7 Å². The van der Waals surface area contributed by atoms with Crippen LogP contribution in [-0.4, -0.2) is 54.6 Å². The molecule has 0 aliphatic carbocycles. The highest BCUT2D eigenvalue weighted by Crippen LogP contribution is 2.06. The molecule has 1 saturated heterocycles. The number of carbonyl (C=O) groups is 1. The Morgan fingerprint density at radius 1 is 1.50 bits per heavy atom. The van der Waals surface area contributed by atoms with Gasteiger partial charge in [0.15, 0.2) is 0 Å². The Morgan fingerprint density at radius 2 is 2.14 bits per heavy atom. The lowest BCUT2D eigenvalue weighted by Crippen LogP contribution is -2.56. The minimum atomic E-state index is 0.184. The Kier molecular flexibility index (Phi) is 4.20. The van der Waals surface area contributed by atoms with Crippen LogP contribution < -0.4 is 5.32 Å². The molecule has 4 heteroatoms. The minimum Gasteiger partial charge on any atom is -0.325 e. The molecule has 1 aliphatic rings. The first-order valence-electron chi connectivity index (χ1n) is 5.47. The highest BCUT2D eigenvalue weighted by Gasteiger charge is 2.25. The molecule has 14 heavy (non-hydrogen) atoms. The average Bonchev–Trinajstić information content (AvgIpc) is 2.20. The molecule has 4 nitrogen and oxygen atoms in total. The van der Waals surface area contributed by atoms with Gasteiger partial charge < -0.3 is 15.1 Å². The lowest BCUT2D eigenvalue weighted by Gasteiger charge is -2.37. The van der Waals surface area contributed by atoms with E-state index in [1.54, 1.807) is 0 Å². The maximum absolute atomic E-state index is 12.0. The number of piperazine rings is 1. The fraction of sp³-hybridized carbons (Fsp3) is 0.900. The molecule has 1 heterocycles. The van der Waals surface area contributed by atoms with Crippen molar-refractivity contribution in [3.63, 3.8) is 0 Å². The Hall–Kier alpha value is -0.770. The molecular formula is C10H21N3O. The predicted molar refractivity (Wildman–Crippen MR) is 57.4 cm³/mol. The maximum Gasteiger partial charge on any atom is 0.320 e. The quantitative estimate of drug-likeness (QED) is 0.712. The summed E-state index contributed by atoms with van der Waals surface area (Å²) in [6, 6.07) is 0.501. The molecule has 2 amide bonds. The minimum absolute atomic E-state index is 0.184. The lowest BCUT2D eigenvalue weighted by atomic mass is 10.2. The molecule has 0 spiro atoms. The van der Waals surface area contributed by atoms with Crippen molar-refractivity contribution in [3.8, 4) is 0 Å². The number of urea groups is 1. The van der Waals surface area contributed by atoms with Gasteiger partial charge in [0, 0.05) is 38.8 Å². The van der Waals surface area contributed by atoms with Gasteiger partial charge in [-0.15, -0.1) is 0 Å². The van der Waals surface area contributed by atoms with E-state index in [1.807, 2.05) is 23.6 Å². The molecule has 0 radical (unpaired) electrons. The number of amides is 2. The second-order valence-electron chi connectivity index (χ2n) is 3.70. The zero-order valence-electron chi connectivity index (χ0n) is 9.42. The fourth-order valence-electron chi connectivity index (χ4n) is 1.80. The van der Waals surface area contributed by atoms with E-state index in [1.165, 1.54) is 0 Å². The topological polar surface area (TPSA) is 35.6 Å². The molecule has 0 bridgehead atoms. The van der Waals surface area contributed by atoms with Gasteiger partial charge in [-0.25, -0.2) is 4.79 Å².